The predicted octanol–water partition coefficient (Wildman–Crippen LogP) is 2.65. The van der Waals surface area contributed by atoms with Crippen LogP contribution in [0.4, 0.5) is 0 Å². The van der Waals surface area contributed by atoms with Gasteiger partial charge in [-0.15, -0.1) is 5.10 Å². The maximum absolute atomic E-state index is 8.47. The van der Waals surface area contributed by atoms with Crippen LogP contribution in [0.15, 0.2) is 29.4 Å². The van der Waals surface area contributed by atoms with Crippen LogP contribution in [0.5, 0.6) is 0 Å². The minimum atomic E-state index is 0.367. The summed E-state index contributed by atoms with van der Waals surface area (Å²) in [4.78, 5) is 4.32. The molecular formula is C12H12N4S. The number of aromatic nitrogens is 3. The zero-order valence-electron chi connectivity index (χ0n) is 9.47. The Hall–Kier alpha value is -1.80. The molecule has 5 heteroatoms. The van der Waals surface area contributed by atoms with Crippen molar-refractivity contribution in [3.63, 3.8) is 0 Å². The fourth-order valence-corrected chi connectivity index (χ4v) is 1.89. The van der Waals surface area contributed by atoms with E-state index in [1.54, 1.807) is 0 Å². The molecule has 2 aromatic rings. The van der Waals surface area contributed by atoms with Crippen molar-refractivity contribution >= 4 is 11.8 Å². The average molecular weight is 244 g/mol. The Morgan fingerprint density at radius 3 is 2.76 bits per heavy atom. The summed E-state index contributed by atoms with van der Waals surface area (Å²) in [6, 6.07) is 10.3. The minimum Gasteiger partial charge on any atom is -0.258 e. The third-order valence-corrected chi connectivity index (χ3v) is 3.08. The van der Waals surface area contributed by atoms with Gasteiger partial charge in [-0.2, -0.15) is 5.26 Å². The molecule has 17 heavy (non-hydrogen) atoms. The van der Waals surface area contributed by atoms with E-state index in [0.29, 0.717) is 10.9 Å². The van der Waals surface area contributed by atoms with E-state index in [1.807, 2.05) is 18.2 Å². The van der Waals surface area contributed by atoms with Gasteiger partial charge in [0.1, 0.15) is 0 Å². The first-order valence-electron chi connectivity index (χ1n) is 5.35. The molecule has 0 aliphatic carbocycles. The average Bonchev–Trinajstić information content (AvgIpc) is 2.85. The van der Waals surface area contributed by atoms with Gasteiger partial charge in [0.05, 0.1) is 11.8 Å². The molecule has 1 N–H and O–H groups in total. The van der Waals surface area contributed by atoms with Gasteiger partial charge in [-0.1, -0.05) is 43.0 Å². The summed E-state index contributed by atoms with van der Waals surface area (Å²) in [7, 11) is 0. The van der Waals surface area contributed by atoms with Crippen LogP contribution in [0, 0.1) is 11.3 Å². The molecule has 2 rings (SSSR count). The zero-order chi connectivity index (χ0) is 12.1. The molecule has 0 fully saturated rings. The molecule has 0 aliphatic rings. The largest absolute Gasteiger partial charge is 0.258 e. The van der Waals surface area contributed by atoms with Crippen molar-refractivity contribution in [2.75, 3.05) is 5.75 Å². The number of nitriles is 1. The molecule has 0 spiro atoms. The van der Waals surface area contributed by atoms with Crippen molar-refractivity contribution in [2.24, 2.45) is 0 Å². The third-order valence-electron chi connectivity index (χ3n) is 2.37. The summed E-state index contributed by atoms with van der Waals surface area (Å²) in [5.74, 6) is 1.11. The summed E-state index contributed by atoms with van der Waals surface area (Å²) in [5.41, 5.74) is 2.31. The fourth-order valence-electron chi connectivity index (χ4n) is 1.44. The number of nitrogens with zero attached hydrogens (tertiary/aromatic N) is 3. The number of hydrogen-bond acceptors (Lipinski definition) is 4. The lowest BCUT2D eigenvalue weighted by Gasteiger charge is -1.98. The van der Waals surface area contributed by atoms with E-state index >= 15 is 0 Å². The molecule has 1 heterocycles. The van der Waals surface area contributed by atoms with E-state index < -0.39 is 0 Å². The lowest BCUT2D eigenvalue weighted by atomic mass is 10.1. The number of aryl methyl sites for hydroxylation is 1. The molecule has 1 aromatic heterocycles. The predicted molar refractivity (Wildman–Crippen MR) is 67.5 cm³/mol. The summed E-state index contributed by atoms with van der Waals surface area (Å²) >= 11 is 1.33. The van der Waals surface area contributed by atoms with Crippen LogP contribution >= 0.6 is 11.8 Å². The van der Waals surface area contributed by atoms with E-state index in [0.717, 1.165) is 17.8 Å². The Kier molecular flexibility index (Phi) is 3.78. The second-order valence-corrected chi connectivity index (χ2v) is 4.41. The first kappa shape index (κ1) is 11.7. The maximum Gasteiger partial charge on any atom is 0.209 e. The van der Waals surface area contributed by atoms with Gasteiger partial charge in [0.25, 0.3) is 0 Å². The highest BCUT2D eigenvalue weighted by Gasteiger charge is 2.05. The van der Waals surface area contributed by atoms with E-state index in [1.165, 1.54) is 17.3 Å². The minimum absolute atomic E-state index is 0.367. The topological polar surface area (TPSA) is 65.4 Å². The van der Waals surface area contributed by atoms with Crippen LogP contribution < -0.4 is 0 Å². The van der Waals surface area contributed by atoms with Gasteiger partial charge in [-0.05, 0) is 12.0 Å². The summed E-state index contributed by atoms with van der Waals surface area (Å²) < 4.78 is 0. The van der Waals surface area contributed by atoms with Gasteiger partial charge >= 0.3 is 0 Å². The van der Waals surface area contributed by atoms with Crippen molar-refractivity contribution in [1.29, 1.82) is 5.26 Å². The Labute approximate surface area is 104 Å². The lowest BCUT2D eigenvalue weighted by Crippen LogP contribution is -1.83. The normalized spacial score (nSPS) is 10.1. The van der Waals surface area contributed by atoms with E-state index in [9.17, 15) is 0 Å². The standard InChI is InChI=1S/C12H12N4S/c1-2-9-3-5-10(6-4-9)11-14-12(16-15-11)17-8-7-13/h3-6H,2,8H2,1H3,(H,14,15,16). The number of aromatic amines is 1. The van der Waals surface area contributed by atoms with Crippen LogP contribution in [0.2, 0.25) is 0 Å². The molecule has 86 valence electrons. The quantitative estimate of drug-likeness (QED) is 0.840. The highest BCUT2D eigenvalue weighted by atomic mass is 32.2. The van der Waals surface area contributed by atoms with Crippen LogP contribution in [0.3, 0.4) is 0 Å². The number of nitrogens with one attached hydrogen (secondary N) is 1. The molecule has 0 saturated heterocycles. The molecule has 0 bridgehead atoms. The maximum atomic E-state index is 8.47. The number of thioether (sulfide) groups is 1. The number of hydrogen-bond donors (Lipinski definition) is 1. The molecule has 1 aromatic carbocycles. The van der Waals surface area contributed by atoms with Crippen LogP contribution in [0.1, 0.15) is 12.5 Å². The van der Waals surface area contributed by atoms with Gasteiger partial charge in [0, 0.05) is 5.56 Å². The van der Waals surface area contributed by atoms with Gasteiger partial charge in [0.2, 0.25) is 5.16 Å². The lowest BCUT2D eigenvalue weighted by molar-refractivity contribution is 0.975. The first-order valence-corrected chi connectivity index (χ1v) is 6.33. The van der Waals surface area contributed by atoms with Crippen LogP contribution in [-0.2, 0) is 6.42 Å². The number of rotatable bonds is 4. The van der Waals surface area contributed by atoms with E-state index in [4.69, 9.17) is 5.26 Å². The van der Waals surface area contributed by atoms with Crippen LogP contribution in [0.25, 0.3) is 11.4 Å². The number of H-pyrrole nitrogens is 1. The van der Waals surface area contributed by atoms with Crippen molar-refractivity contribution in [3.8, 4) is 17.5 Å². The van der Waals surface area contributed by atoms with Crippen molar-refractivity contribution in [2.45, 2.75) is 18.5 Å². The van der Waals surface area contributed by atoms with E-state index in [-0.39, 0.29) is 0 Å². The Morgan fingerprint density at radius 2 is 2.12 bits per heavy atom. The Balaban J connectivity index is 2.16. The number of benzene rings is 1. The van der Waals surface area contributed by atoms with Crippen molar-refractivity contribution in [3.05, 3.63) is 29.8 Å². The molecule has 0 amide bonds. The summed E-state index contributed by atoms with van der Waals surface area (Å²) in [5, 5.41) is 16.0. The second-order valence-electron chi connectivity index (χ2n) is 3.46. The molecule has 0 saturated carbocycles. The second kappa shape index (κ2) is 5.51. The smallest absolute Gasteiger partial charge is 0.209 e. The van der Waals surface area contributed by atoms with Crippen molar-refractivity contribution in [1.82, 2.24) is 15.2 Å². The monoisotopic (exact) mass is 244 g/mol. The Bertz CT molecular complexity index is 524. The van der Waals surface area contributed by atoms with Gasteiger partial charge in [0.15, 0.2) is 5.82 Å². The third kappa shape index (κ3) is 2.86. The van der Waals surface area contributed by atoms with Crippen molar-refractivity contribution < 1.29 is 0 Å². The fraction of sp³-hybridized carbons (Fsp3) is 0.250. The SMILES string of the molecule is CCc1ccc(-c2nc(SCC#N)n[nH]2)cc1. The zero-order valence-corrected chi connectivity index (χ0v) is 10.3. The highest BCUT2D eigenvalue weighted by molar-refractivity contribution is 7.99. The molecular weight excluding hydrogens is 232 g/mol. The van der Waals surface area contributed by atoms with Crippen LogP contribution in [-0.4, -0.2) is 20.9 Å². The first-order chi connectivity index (χ1) is 8.33. The molecule has 0 aliphatic heterocycles. The van der Waals surface area contributed by atoms with Gasteiger partial charge in [-0.3, -0.25) is 5.10 Å². The molecule has 0 radical (unpaired) electrons. The van der Waals surface area contributed by atoms with Gasteiger partial charge < -0.3 is 0 Å². The molecule has 0 unspecified atom stereocenters. The van der Waals surface area contributed by atoms with E-state index in [2.05, 4.69) is 34.2 Å². The Morgan fingerprint density at radius 1 is 1.35 bits per heavy atom. The molecule has 0 atom stereocenters. The molecule has 4 nitrogen and oxygen atoms in total. The highest BCUT2D eigenvalue weighted by Crippen LogP contribution is 2.19. The summed E-state index contributed by atoms with van der Waals surface area (Å²) in [6.45, 7) is 2.13. The van der Waals surface area contributed by atoms with Gasteiger partial charge in [-0.25, -0.2) is 4.98 Å². The summed E-state index contributed by atoms with van der Waals surface area (Å²) in [6.07, 6.45) is 1.03.